The number of methoxy groups -OCH3 is 2. The Hall–Kier alpha value is -2.40. The maximum atomic E-state index is 11.9. The van der Waals surface area contributed by atoms with Crippen LogP contribution in [0.25, 0.3) is 0 Å². The molecule has 2 aromatic carbocycles. The van der Waals surface area contributed by atoms with Gasteiger partial charge < -0.3 is 14.8 Å². The monoisotopic (exact) mass is 315 g/mol. The second-order valence-corrected chi connectivity index (χ2v) is 5.27. The van der Waals surface area contributed by atoms with Crippen molar-refractivity contribution >= 4 is 23.4 Å². The number of anilines is 1. The van der Waals surface area contributed by atoms with E-state index in [1.54, 1.807) is 37.8 Å². The van der Waals surface area contributed by atoms with Gasteiger partial charge in [-0.2, -0.15) is 0 Å². The van der Waals surface area contributed by atoms with E-state index in [-0.39, 0.29) is 5.91 Å². The quantitative estimate of drug-likeness (QED) is 0.648. The van der Waals surface area contributed by atoms with E-state index in [4.69, 9.17) is 9.47 Å². The van der Waals surface area contributed by atoms with Crippen LogP contribution in [-0.2, 0) is 4.79 Å². The first-order valence-corrected chi connectivity index (χ1v) is 7.52. The largest absolute Gasteiger partial charge is 0.493 e. The van der Waals surface area contributed by atoms with E-state index in [2.05, 4.69) is 5.32 Å². The van der Waals surface area contributed by atoms with Gasteiger partial charge in [0.25, 0.3) is 0 Å². The van der Waals surface area contributed by atoms with Crippen LogP contribution < -0.4 is 14.8 Å². The summed E-state index contributed by atoms with van der Waals surface area (Å²) in [7, 11) is 3.12. The third-order valence-electron chi connectivity index (χ3n) is 2.82. The minimum atomic E-state index is -0.198. The van der Waals surface area contributed by atoms with Crippen molar-refractivity contribution in [1.82, 2.24) is 0 Å². The number of thioether (sulfide) groups is 1. The van der Waals surface area contributed by atoms with Gasteiger partial charge >= 0.3 is 0 Å². The molecule has 0 radical (unpaired) electrons. The summed E-state index contributed by atoms with van der Waals surface area (Å²) in [5.74, 6) is 0.995. The minimum Gasteiger partial charge on any atom is -0.493 e. The standard InChI is InChI=1S/C17H17NO3S/c1-20-15-9-8-13(12-16(15)21-2)18-17(19)10-11-22-14-6-4-3-5-7-14/h3-12H,1-2H3,(H,18,19)/b11-10+. The molecule has 22 heavy (non-hydrogen) atoms. The van der Waals surface area contributed by atoms with E-state index in [9.17, 15) is 4.79 Å². The van der Waals surface area contributed by atoms with E-state index in [1.807, 2.05) is 30.3 Å². The highest BCUT2D eigenvalue weighted by Gasteiger charge is 2.05. The van der Waals surface area contributed by atoms with Crippen molar-refractivity contribution in [2.45, 2.75) is 4.90 Å². The Balaban J connectivity index is 1.94. The Morgan fingerprint density at radius 2 is 1.77 bits per heavy atom. The fraction of sp³-hybridized carbons (Fsp3) is 0.118. The highest BCUT2D eigenvalue weighted by molar-refractivity contribution is 8.02. The van der Waals surface area contributed by atoms with E-state index in [1.165, 1.54) is 17.8 Å². The maximum Gasteiger partial charge on any atom is 0.248 e. The first kappa shape index (κ1) is 16.0. The normalized spacial score (nSPS) is 10.5. The zero-order valence-corrected chi connectivity index (χ0v) is 13.2. The molecule has 0 fully saturated rings. The van der Waals surface area contributed by atoms with E-state index >= 15 is 0 Å². The molecule has 0 aliphatic heterocycles. The molecule has 1 amide bonds. The lowest BCUT2D eigenvalue weighted by Crippen LogP contribution is -2.07. The van der Waals surface area contributed by atoms with Gasteiger partial charge in [-0.1, -0.05) is 30.0 Å². The number of benzene rings is 2. The molecule has 0 bridgehead atoms. The van der Waals surface area contributed by atoms with Gasteiger partial charge in [-0.3, -0.25) is 4.79 Å². The molecule has 0 unspecified atom stereocenters. The second kappa shape index (κ2) is 8.14. The zero-order chi connectivity index (χ0) is 15.8. The lowest BCUT2D eigenvalue weighted by molar-refractivity contribution is -0.111. The number of rotatable bonds is 6. The van der Waals surface area contributed by atoms with Gasteiger partial charge in [0.2, 0.25) is 5.91 Å². The van der Waals surface area contributed by atoms with E-state index in [0.717, 1.165) is 4.90 Å². The van der Waals surface area contributed by atoms with Gasteiger partial charge in [-0.15, -0.1) is 0 Å². The van der Waals surface area contributed by atoms with Crippen LogP contribution >= 0.6 is 11.8 Å². The average molecular weight is 315 g/mol. The molecule has 0 saturated heterocycles. The van der Waals surface area contributed by atoms with E-state index < -0.39 is 0 Å². The number of ether oxygens (including phenoxy) is 2. The Morgan fingerprint density at radius 3 is 2.45 bits per heavy atom. The summed E-state index contributed by atoms with van der Waals surface area (Å²) >= 11 is 1.49. The van der Waals surface area contributed by atoms with Crippen LogP contribution in [0.3, 0.4) is 0 Å². The average Bonchev–Trinajstić information content (AvgIpc) is 2.55. The second-order valence-electron chi connectivity index (χ2n) is 4.29. The van der Waals surface area contributed by atoms with Crippen LogP contribution in [0, 0.1) is 0 Å². The molecule has 4 nitrogen and oxygen atoms in total. The van der Waals surface area contributed by atoms with Gasteiger partial charge in [0.05, 0.1) is 14.2 Å². The molecule has 0 aliphatic rings. The van der Waals surface area contributed by atoms with Crippen molar-refractivity contribution in [2.75, 3.05) is 19.5 Å². The van der Waals surface area contributed by atoms with Crippen LogP contribution in [0.2, 0.25) is 0 Å². The summed E-state index contributed by atoms with van der Waals surface area (Å²) in [4.78, 5) is 13.0. The summed E-state index contributed by atoms with van der Waals surface area (Å²) in [5, 5.41) is 4.53. The van der Waals surface area contributed by atoms with Crippen molar-refractivity contribution in [3.8, 4) is 11.5 Å². The Labute approximate surface area is 134 Å². The fourth-order valence-electron chi connectivity index (χ4n) is 1.77. The third-order valence-corrected chi connectivity index (χ3v) is 3.63. The number of carbonyl (C=O) groups is 1. The smallest absolute Gasteiger partial charge is 0.248 e. The molecule has 0 aromatic heterocycles. The predicted octanol–water partition coefficient (Wildman–Crippen LogP) is 3.95. The Kier molecular flexibility index (Phi) is 5.91. The molecule has 0 heterocycles. The molecule has 5 heteroatoms. The van der Waals surface area contributed by atoms with Crippen LogP contribution in [0.5, 0.6) is 11.5 Å². The highest BCUT2D eigenvalue weighted by Crippen LogP contribution is 2.29. The van der Waals surface area contributed by atoms with Crippen molar-refractivity contribution in [3.05, 3.63) is 60.0 Å². The van der Waals surface area contributed by atoms with Crippen LogP contribution in [0.1, 0.15) is 0 Å². The molecular formula is C17H17NO3S. The number of carbonyl (C=O) groups excluding carboxylic acids is 1. The highest BCUT2D eigenvalue weighted by atomic mass is 32.2. The summed E-state index contributed by atoms with van der Waals surface area (Å²) in [5.41, 5.74) is 0.650. The Morgan fingerprint density at radius 1 is 1.05 bits per heavy atom. The van der Waals surface area contributed by atoms with Crippen LogP contribution in [0.15, 0.2) is 64.9 Å². The van der Waals surface area contributed by atoms with Gasteiger partial charge in [0.1, 0.15) is 0 Å². The van der Waals surface area contributed by atoms with Crippen molar-refractivity contribution in [3.63, 3.8) is 0 Å². The first-order chi connectivity index (χ1) is 10.7. The molecule has 0 atom stereocenters. The lowest BCUT2D eigenvalue weighted by Gasteiger charge is -2.09. The van der Waals surface area contributed by atoms with Crippen LogP contribution in [0.4, 0.5) is 5.69 Å². The SMILES string of the molecule is COc1ccc(NC(=O)/C=C/Sc2ccccc2)cc1OC. The minimum absolute atomic E-state index is 0.198. The summed E-state index contributed by atoms with van der Waals surface area (Å²) in [6.45, 7) is 0. The number of nitrogens with one attached hydrogen (secondary N) is 1. The van der Waals surface area contributed by atoms with Gasteiger partial charge in [0.15, 0.2) is 11.5 Å². The van der Waals surface area contributed by atoms with Crippen molar-refractivity contribution in [1.29, 1.82) is 0 Å². The Bertz CT molecular complexity index is 656. The molecular weight excluding hydrogens is 298 g/mol. The topological polar surface area (TPSA) is 47.6 Å². The summed E-state index contributed by atoms with van der Waals surface area (Å²) in [6, 6.07) is 15.1. The van der Waals surface area contributed by atoms with Gasteiger partial charge in [-0.25, -0.2) is 0 Å². The molecule has 0 spiro atoms. The van der Waals surface area contributed by atoms with Crippen molar-refractivity contribution in [2.24, 2.45) is 0 Å². The molecule has 0 aliphatic carbocycles. The van der Waals surface area contributed by atoms with Gasteiger partial charge in [0, 0.05) is 22.7 Å². The summed E-state index contributed by atoms with van der Waals surface area (Å²) in [6.07, 6.45) is 1.49. The molecule has 2 aromatic rings. The van der Waals surface area contributed by atoms with Crippen LogP contribution in [-0.4, -0.2) is 20.1 Å². The predicted molar refractivity (Wildman–Crippen MR) is 89.6 cm³/mol. The molecule has 114 valence electrons. The number of hydrogen-bond donors (Lipinski definition) is 1. The molecule has 1 N–H and O–H groups in total. The first-order valence-electron chi connectivity index (χ1n) is 6.64. The number of hydrogen-bond acceptors (Lipinski definition) is 4. The summed E-state index contributed by atoms with van der Waals surface area (Å²) < 4.78 is 10.4. The fourth-order valence-corrected chi connectivity index (χ4v) is 2.43. The third kappa shape index (κ3) is 4.56. The molecule has 2 rings (SSSR count). The van der Waals surface area contributed by atoms with E-state index in [0.29, 0.717) is 17.2 Å². The zero-order valence-electron chi connectivity index (χ0n) is 12.4. The number of amides is 1. The van der Waals surface area contributed by atoms with Crippen molar-refractivity contribution < 1.29 is 14.3 Å². The lowest BCUT2D eigenvalue weighted by atomic mass is 10.2. The maximum absolute atomic E-state index is 11.9. The molecule has 0 saturated carbocycles. The van der Waals surface area contributed by atoms with Gasteiger partial charge in [-0.05, 0) is 29.7 Å².